The Morgan fingerprint density at radius 1 is 1.18 bits per heavy atom. The summed E-state index contributed by atoms with van der Waals surface area (Å²) in [5, 5.41) is 2.82. The van der Waals surface area contributed by atoms with Crippen LogP contribution in [0.5, 0.6) is 0 Å². The van der Waals surface area contributed by atoms with E-state index in [0.29, 0.717) is 24.2 Å². The van der Waals surface area contributed by atoms with Gasteiger partial charge < -0.3 is 10.2 Å². The first-order valence-electron chi connectivity index (χ1n) is 5.63. The molecule has 2 amide bonds. The van der Waals surface area contributed by atoms with Gasteiger partial charge in [0.2, 0.25) is 5.91 Å². The Kier molecular flexibility index (Phi) is 2.21. The molecule has 0 aromatic heterocycles. The summed E-state index contributed by atoms with van der Waals surface area (Å²) in [6.07, 6.45) is 4.46. The average Bonchev–Trinajstić information content (AvgIpc) is 2.48. The third-order valence-electron chi connectivity index (χ3n) is 3.18. The van der Waals surface area contributed by atoms with Crippen LogP contribution in [-0.2, 0) is 4.79 Å². The first-order chi connectivity index (χ1) is 8.27. The lowest BCUT2D eigenvalue weighted by atomic mass is 10.1. The standard InChI is InChI=1S/C13H12N2O2/c16-12-11-7-3-4-8-15(11)13(17)9-5-1-2-6-10(9)14-12/h1-6,11H,7-8H2,(H,14,16). The van der Waals surface area contributed by atoms with Gasteiger partial charge in [-0.05, 0) is 18.6 Å². The average molecular weight is 228 g/mol. The van der Waals surface area contributed by atoms with Crippen LogP contribution < -0.4 is 5.32 Å². The molecule has 0 saturated carbocycles. The quantitative estimate of drug-likeness (QED) is 0.682. The molecule has 0 spiro atoms. The van der Waals surface area contributed by atoms with Crippen LogP contribution >= 0.6 is 0 Å². The van der Waals surface area contributed by atoms with Gasteiger partial charge in [0.05, 0.1) is 11.3 Å². The molecular formula is C13H12N2O2. The molecule has 4 heteroatoms. The number of amides is 2. The van der Waals surface area contributed by atoms with E-state index < -0.39 is 0 Å². The second-order valence-corrected chi connectivity index (χ2v) is 4.22. The van der Waals surface area contributed by atoms with E-state index in [1.807, 2.05) is 24.3 Å². The number of rotatable bonds is 0. The van der Waals surface area contributed by atoms with Crippen LogP contribution in [0, 0.1) is 0 Å². The van der Waals surface area contributed by atoms with E-state index in [2.05, 4.69) is 5.32 Å². The number of carbonyl (C=O) groups excluding carboxylic acids is 2. The maximum absolute atomic E-state index is 12.3. The van der Waals surface area contributed by atoms with Crippen molar-refractivity contribution in [2.45, 2.75) is 12.5 Å². The van der Waals surface area contributed by atoms with Gasteiger partial charge in [0.1, 0.15) is 6.04 Å². The molecule has 0 saturated heterocycles. The van der Waals surface area contributed by atoms with Crippen molar-refractivity contribution in [1.82, 2.24) is 4.90 Å². The van der Waals surface area contributed by atoms with Gasteiger partial charge in [-0.2, -0.15) is 0 Å². The number of hydrogen-bond acceptors (Lipinski definition) is 2. The summed E-state index contributed by atoms with van der Waals surface area (Å²) in [5.41, 5.74) is 1.18. The molecule has 86 valence electrons. The Hall–Kier alpha value is -2.10. The molecule has 4 nitrogen and oxygen atoms in total. The number of para-hydroxylation sites is 1. The van der Waals surface area contributed by atoms with Crippen LogP contribution in [0.1, 0.15) is 16.8 Å². The summed E-state index contributed by atoms with van der Waals surface area (Å²) in [6, 6.07) is 6.76. The van der Waals surface area contributed by atoms with Crippen molar-refractivity contribution in [3.05, 3.63) is 42.0 Å². The maximum atomic E-state index is 12.3. The monoisotopic (exact) mass is 228 g/mol. The summed E-state index contributed by atoms with van der Waals surface area (Å²) in [7, 11) is 0. The zero-order valence-corrected chi connectivity index (χ0v) is 9.22. The lowest BCUT2D eigenvalue weighted by Gasteiger charge is -2.29. The first kappa shape index (κ1) is 10.1. The third-order valence-corrected chi connectivity index (χ3v) is 3.18. The summed E-state index contributed by atoms with van der Waals surface area (Å²) in [6.45, 7) is 0.505. The fourth-order valence-corrected chi connectivity index (χ4v) is 2.29. The van der Waals surface area contributed by atoms with Crippen LogP contribution in [-0.4, -0.2) is 29.3 Å². The van der Waals surface area contributed by atoms with Crippen molar-refractivity contribution in [3.63, 3.8) is 0 Å². The Bertz CT molecular complexity index is 522. The summed E-state index contributed by atoms with van der Waals surface area (Å²) >= 11 is 0. The van der Waals surface area contributed by atoms with Crippen molar-refractivity contribution in [2.75, 3.05) is 11.9 Å². The van der Waals surface area contributed by atoms with Gasteiger partial charge in [-0.3, -0.25) is 9.59 Å². The third kappa shape index (κ3) is 1.53. The minimum atomic E-state index is -0.375. The van der Waals surface area contributed by atoms with Gasteiger partial charge in [-0.15, -0.1) is 0 Å². The number of fused-ring (bicyclic) bond motifs is 2. The van der Waals surface area contributed by atoms with Crippen molar-refractivity contribution < 1.29 is 9.59 Å². The van der Waals surface area contributed by atoms with Crippen LogP contribution in [0.15, 0.2) is 36.4 Å². The fourth-order valence-electron chi connectivity index (χ4n) is 2.29. The van der Waals surface area contributed by atoms with Crippen molar-refractivity contribution in [2.24, 2.45) is 0 Å². The highest BCUT2D eigenvalue weighted by molar-refractivity contribution is 6.10. The molecule has 1 N–H and O–H groups in total. The number of benzene rings is 1. The highest BCUT2D eigenvalue weighted by atomic mass is 16.2. The van der Waals surface area contributed by atoms with Gasteiger partial charge in [0, 0.05) is 6.54 Å². The molecule has 3 rings (SSSR count). The van der Waals surface area contributed by atoms with E-state index in [1.54, 1.807) is 17.0 Å². The summed E-state index contributed by atoms with van der Waals surface area (Å²) in [4.78, 5) is 26.0. The lowest BCUT2D eigenvalue weighted by Crippen LogP contribution is -2.46. The predicted molar refractivity (Wildman–Crippen MR) is 63.7 cm³/mol. The highest BCUT2D eigenvalue weighted by Gasteiger charge is 2.34. The van der Waals surface area contributed by atoms with Crippen LogP contribution in [0.3, 0.4) is 0 Å². The zero-order valence-electron chi connectivity index (χ0n) is 9.22. The minimum absolute atomic E-state index is 0.0756. The minimum Gasteiger partial charge on any atom is -0.324 e. The van der Waals surface area contributed by atoms with Crippen molar-refractivity contribution >= 4 is 17.5 Å². The number of nitrogens with zero attached hydrogens (tertiary/aromatic N) is 1. The predicted octanol–water partition coefficient (Wildman–Crippen LogP) is 1.41. The largest absolute Gasteiger partial charge is 0.324 e. The van der Waals surface area contributed by atoms with E-state index in [4.69, 9.17) is 0 Å². The molecule has 1 aromatic carbocycles. The van der Waals surface area contributed by atoms with E-state index in [1.165, 1.54) is 0 Å². The molecule has 1 unspecified atom stereocenters. The smallest absolute Gasteiger partial charge is 0.256 e. The fraction of sp³-hybridized carbons (Fsp3) is 0.231. The molecule has 0 bridgehead atoms. The molecule has 1 atom stereocenters. The van der Waals surface area contributed by atoms with Gasteiger partial charge in [0.15, 0.2) is 0 Å². The van der Waals surface area contributed by atoms with E-state index in [9.17, 15) is 9.59 Å². The normalized spacial score (nSPS) is 22.6. The topological polar surface area (TPSA) is 49.4 Å². The van der Waals surface area contributed by atoms with Crippen LogP contribution in [0.4, 0.5) is 5.69 Å². The summed E-state index contributed by atoms with van der Waals surface area (Å²) < 4.78 is 0. The number of carbonyl (C=O) groups is 2. The molecule has 1 aromatic rings. The Labute approximate surface area is 98.9 Å². The second-order valence-electron chi connectivity index (χ2n) is 4.22. The second kappa shape index (κ2) is 3.73. The molecule has 2 heterocycles. The number of hydrogen-bond donors (Lipinski definition) is 1. The van der Waals surface area contributed by atoms with Gasteiger partial charge in [-0.1, -0.05) is 24.3 Å². The molecule has 0 aliphatic carbocycles. The molecule has 0 fully saturated rings. The molecule has 2 aliphatic rings. The summed E-state index contributed by atoms with van der Waals surface area (Å²) in [5.74, 6) is -0.180. The van der Waals surface area contributed by atoms with E-state index >= 15 is 0 Å². The molecule has 0 radical (unpaired) electrons. The number of anilines is 1. The van der Waals surface area contributed by atoms with Gasteiger partial charge in [-0.25, -0.2) is 0 Å². The molecule has 2 aliphatic heterocycles. The van der Waals surface area contributed by atoms with Crippen LogP contribution in [0.2, 0.25) is 0 Å². The molecule has 17 heavy (non-hydrogen) atoms. The van der Waals surface area contributed by atoms with Gasteiger partial charge in [0.25, 0.3) is 5.91 Å². The lowest BCUT2D eigenvalue weighted by molar-refractivity contribution is -0.120. The van der Waals surface area contributed by atoms with E-state index in [0.717, 1.165) is 0 Å². The van der Waals surface area contributed by atoms with Gasteiger partial charge >= 0.3 is 0 Å². The van der Waals surface area contributed by atoms with Crippen molar-refractivity contribution in [1.29, 1.82) is 0 Å². The van der Waals surface area contributed by atoms with Crippen molar-refractivity contribution in [3.8, 4) is 0 Å². The highest BCUT2D eigenvalue weighted by Crippen LogP contribution is 2.25. The Morgan fingerprint density at radius 3 is 2.88 bits per heavy atom. The molecular weight excluding hydrogens is 216 g/mol. The maximum Gasteiger partial charge on any atom is 0.256 e. The first-order valence-corrected chi connectivity index (χ1v) is 5.63. The number of nitrogens with one attached hydrogen (secondary N) is 1. The SMILES string of the molecule is O=C1Nc2ccccc2C(=O)N2CC=CCC12. The Balaban J connectivity index is 2.10. The zero-order chi connectivity index (χ0) is 11.8. The Morgan fingerprint density at radius 2 is 2.00 bits per heavy atom. The van der Waals surface area contributed by atoms with Crippen LogP contribution in [0.25, 0.3) is 0 Å². The van der Waals surface area contributed by atoms with E-state index in [-0.39, 0.29) is 17.9 Å².